The Bertz CT molecular complexity index is 920. The van der Waals surface area contributed by atoms with Crippen LogP contribution in [-0.2, 0) is 17.9 Å². The quantitative estimate of drug-likeness (QED) is 0.413. The number of amides is 2. The molecule has 0 saturated heterocycles. The number of benzene rings is 2. The zero-order chi connectivity index (χ0) is 23.5. The number of nitrogens with one attached hydrogen (secondary N) is 3. The Hall–Kier alpha value is -3.35. The molecule has 2 aromatic carbocycles. The monoisotopic (exact) mass is 437 g/mol. The fourth-order valence-corrected chi connectivity index (χ4v) is 3.05. The molecule has 0 aliphatic heterocycles. The summed E-state index contributed by atoms with van der Waals surface area (Å²) < 4.78 is 0. The Kier molecular flexibility index (Phi) is 9.73. The minimum Gasteiger partial charge on any atom is -0.357 e. The van der Waals surface area contributed by atoms with E-state index in [1.165, 1.54) is 0 Å². The summed E-state index contributed by atoms with van der Waals surface area (Å²) in [5.41, 5.74) is 3.52. The predicted molar refractivity (Wildman–Crippen MR) is 131 cm³/mol. The highest BCUT2D eigenvalue weighted by molar-refractivity contribution is 5.94. The average molecular weight is 438 g/mol. The number of carbonyl (C=O) groups is 2. The maximum atomic E-state index is 12.0. The van der Waals surface area contributed by atoms with Crippen LogP contribution < -0.4 is 16.0 Å². The molecule has 0 heterocycles. The summed E-state index contributed by atoms with van der Waals surface area (Å²) in [6.07, 6.45) is 0.501. The van der Waals surface area contributed by atoms with E-state index in [-0.39, 0.29) is 11.8 Å². The van der Waals surface area contributed by atoms with Crippen molar-refractivity contribution in [2.75, 3.05) is 26.0 Å². The van der Waals surface area contributed by atoms with Gasteiger partial charge in [0.25, 0.3) is 5.91 Å². The van der Waals surface area contributed by atoms with Crippen molar-refractivity contribution in [3.63, 3.8) is 0 Å². The molecule has 0 fully saturated rings. The van der Waals surface area contributed by atoms with Gasteiger partial charge in [-0.05, 0) is 48.2 Å². The van der Waals surface area contributed by atoms with Gasteiger partial charge in [0.2, 0.25) is 5.91 Å². The normalized spacial score (nSPS) is 11.2. The third-order valence-electron chi connectivity index (χ3n) is 4.64. The van der Waals surface area contributed by atoms with Crippen LogP contribution in [0.1, 0.15) is 48.7 Å². The molecule has 32 heavy (non-hydrogen) atoms. The first-order valence-electron chi connectivity index (χ1n) is 11.0. The topological polar surface area (TPSA) is 85.8 Å². The molecule has 7 nitrogen and oxygen atoms in total. The molecule has 0 unspecified atom stereocenters. The smallest absolute Gasteiger partial charge is 0.253 e. The molecule has 0 aliphatic carbocycles. The third kappa shape index (κ3) is 8.41. The van der Waals surface area contributed by atoms with Gasteiger partial charge >= 0.3 is 0 Å². The van der Waals surface area contributed by atoms with Crippen molar-refractivity contribution in [2.24, 2.45) is 10.9 Å². The van der Waals surface area contributed by atoms with Crippen LogP contribution in [0.25, 0.3) is 0 Å². The van der Waals surface area contributed by atoms with Crippen LogP contribution in [0.15, 0.2) is 53.5 Å². The van der Waals surface area contributed by atoms with Gasteiger partial charge in [-0.25, -0.2) is 4.99 Å². The van der Waals surface area contributed by atoms with Crippen LogP contribution in [0, 0.1) is 5.92 Å². The molecule has 2 rings (SSSR count). The summed E-state index contributed by atoms with van der Waals surface area (Å²) in [4.78, 5) is 30.3. The highest BCUT2D eigenvalue weighted by Gasteiger charge is 2.08. The zero-order valence-corrected chi connectivity index (χ0v) is 19.7. The molecular weight excluding hydrogens is 402 g/mol. The first-order chi connectivity index (χ1) is 15.3. The summed E-state index contributed by atoms with van der Waals surface area (Å²) in [6, 6.07) is 15.3. The largest absolute Gasteiger partial charge is 0.357 e. The first kappa shape index (κ1) is 24.9. The average Bonchev–Trinajstić information content (AvgIpc) is 2.75. The van der Waals surface area contributed by atoms with Crippen molar-refractivity contribution in [1.82, 2.24) is 15.5 Å². The molecule has 7 heteroatoms. The van der Waals surface area contributed by atoms with Crippen LogP contribution in [0.2, 0.25) is 0 Å². The Morgan fingerprint density at radius 3 is 2.34 bits per heavy atom. The van der Waals surface area contributed by atoms with E-state index >= 15 is 0 Å². The maximum absolute atomic E-state index is 12.0. The van der Waals surface area contributed by atoms with Crippen molar-refractivity contribution in [3.05, 3.63) is 65.2 Å². The number of rotatable bonds is 9. The number of aliphatic imine (C=N–C) groups is 1. The lowest BCUT2D eigenvalue weighted by atomic mass is 10.1. The van der Waals surface area contributed by atoms with Crippen LogP contribution >= 0.6 is 0 Å². The number of hydrogen-bond donors (Lipinski definition) is 3. The Morgan fingerprint density at radius 1 is 1.00 bits per heavy atom. The number of carbonyl (C=O) groups excluding carboxylic acids is 2. The van der Waals surface area contributed by atoms with E-state index in [0.29, 0.717) is 37.0 Å². The molecule has 0 radical (unpaired) electrons. The van der Waals surface area contributed by atoms with Gasteiger partial charge < -0.3 is 20.9 Å². The highest BCUT2D eigenvalue weighted by atomic mass is 16.2. The van der Waals surface area contributed by atoms with Gasteiger partial charge in [0, 0.05) is 44.9 Å². The molecule has 0 aromatic heterocycles. The second-order valence-corrected chi connectivity index (χ2v) is 8.29. The second-order valence-electron chi connectivity index (χ2n) is 8.29. The summed E-state index contributed by atoms with van der Waals surface area (Å²) in [5, 5.41) is 9.51. The van der Waals surface area contributed by atoms with Crippen molar-refractivity contribution < 1.29 is 9.59 Å². The van der Waals surface area contributed by atoms with Gasteiger partial charge in [-0.15, -0.1) is 0 Å². The minimum atomic E-state index is -0.0120. The fourth-order valence-electron chi connectivity index (χ4n) is 3.05. The first-order valence-corrected chi connectivity index (χ1v) is 11.0. The lowest BCUT2D eigenvalue weighted by Crippen LogP contribution is -2.36. The molecule has 0 aliphatic rings. The van der Waals surface area contributed by atoms with E-state index in [0.717, 1.165) is 23.4 Å². The van der Waals surface area contributed by atoms with Gasteiger partial charge in [0.15, 0.2) is 5.96 Å². The molecule has 3 N–H and O–H groups in total. The Balaban J connectivity index is 1.97. The second kappa shape index (κ2) is 12.5. The lowest BCUT2D eigenvalue weighted by Gasteiger charge is -2.13. The van der Waals surface area contributed by atoms with Gasteiger partial charge in [-0.3, -0.25) is 9.59 Å². The van der Waals surface area contributed by atoms with E-state index in [9.17, 15) is 9.59 Å². The summed E-state index contributed by atoms with van der Waals surface area (Å²) in [5.74, 6) is 1.03. The standard InChI is InChI=1S/C25H35N5O2/c1-6-26-25(27-16-19-10-12-21(13-11-19)24(32)30(4)5)28-17-20-8-7-9-22(15-20)29-23(31)14-18(2)3/h7-13,15,18H,6,14,16-17H2,1-5H3,(H,29,31)(H2,26,27,28). The van der Waals surface area contributed by atoms with Crippen LogP contribution in [0.3, 0.4) is 0 Å². The molecular formula is C25H35N5O2. The number of hydrogen-bond acceptors (Lipinski definition) is 3. The van der Waals surface area contributed by atoms with Gasteiger partial charge in [-0.1, -0.05) is 38.1 Å². The van der Waals surface area contributed by atoms with E-state index in [2.05, 4.69) is 20.9 Å². The van der Waals surface area contributed by atoms with E-state index < -0.39 is 0 Å². The molecule has 2 aromatic rings. The van der Waals surface area contributed by atoms with Gasteiger partial charge in [0.1, 0.15) is 0 Å². The number of nitrogens with zero attached hydrogens (tertiary/aromatic N) is 2. The lowest BCUT2D eigenvalue weighted by molar-refractivity contribution is -0.116. The van der Waals surface area contributed by atoms with Crippen molar-refractivity contribution >= 4 is 23.5 Å². The summed E-state index contributed by atoms with van der Waals surface area (Å²) in [7, 11) is 3.48. The van der Waals surface area contributed by atoms with Crippen molar-refractivity contribution in [3.8, 4) is 0 Å². The van der Waals surface area contributed by atoms with Gasteiger partial charge in [-0.2, -0.15) is 0 Å². The summed E-state index contributed by atoms with van der Waals surface area (Å²) in [6.45, 7) is 7.89. The molecule has 0 saturated carbocycles. The van der Waals surface area contributed by atoms with E-state index in [4.69, 9.17) is 0 Å². The van der Waals surface area contributed by atoms with Crippen LogP contribution in [-0.4, -0.2) is 43.3 Å². The zero-order valence-electron chi connectivity index (χ0n) is 19.7. The molecule has 2 amide bonds. The number of guanidine groups is 1. The minimum absolute atomic E-state index is 0.0120. The van der Waals surface area contributed by atoms with Crippen molar-refractivity contribution in [2.45, 2.75) is 40.3 Å². The summed E-state index contributed by atoms with van der Waals surface area (Å²) >= 11 is 0. The van der Waals surface area contributed by atoms with E-state index in [1.54, 1.807) is 19.0 Å². The van der Waals surface area contributed by atoms with Crippen LogP contribution in [0.4, 0.5) is 5.69 Å². The van der Waals surface area contributed by atoms with E-state index in [1.807, 2.05) is 69.3 Å². The SMILES string of the molecule is CCNC(=NCc1cccc(NC(=O)CC(C)C)c1)NCc1ccc(C(=O)N(C)C)cc1. The molecule has 172 valence electrons. The predicted octanol–water partition coefficient (Wildman–Crippen LogP) is 3.63. The van der Waals surface area contributed by atoms with Crippen molar-refractivity contribution in [1.29, 1.82) is 0 Å². The molecule has 0 atom stereocenters. The Morgan fingerprint density at radius 2 is 1.72 bits per heavy atom. The van der Waals surface area contributed by atoms with Crippen LogP contribution in [0.5, 0.6) is 0 Å². The molecule has 0 spiro atoms. The Labute approximate surface area is 191 Å². The van der Waals surface area contributed by atoms with Gasteiger partial charge in [0.05, 0.1) is 6.54 Å². The molecule has 0 bridgehead atoms. The maximum Gasteiger partial charge on any atom is 0.253 e. The highest BCUT2D eigenvalue weighted by Crippen LogP contribution is 2.13. The third-order valence-corrected chi connectivity index (χ3v) is 4.64. The number of anilines is 1. The fraction of sp³-hybridized carbons (Fsp3) is 0.400.